The standard InChI is InChI=1S/C40H34F2N2P2/c1-25-11-15-33-37(19-25)45(31-9-5-7-29(41)23-31)38-20-26(2)12-16-34(38)44-36-18-14-28(4)22-40(36)46(32-10-6-8-30(42)24-32)39-21-27(3)13-17-35(39)43-33/h5-24,43-44H,1-4H3. The number of halogens is 2. The first-order chi connectivity index (χ1) is 22.2. The summed E-state index contributed by atoms with van der Waals surface area (Å²) in [5.41, 5.74) is 8.40. The normalized spacial score (nSPS) is 15.5. The van der Waals surface area contributed by atoms with Gasteiger partial charge < -0.3 is 10.6 Å². The van der Waals surface area contributed by atoms with E-state index in [1.54, 1.807) is 24.3 Å². The fourth-order valence-corrected chi connectivity index (χ4v) is 11.5. The van der Waals surface area contributed by atoms with Crippen LogP contribution in [0.15, 0.2) is 121 Å². The third kappa shape index (κ3) is 5.96. The zero-order valence-electron chi connectivity index (χ0n) is 26.2. The molecule has 1 aliphatic heterocycles. The summed E-state index contributed by atoms with van der Waals surface area (Å²) in [7, 11) is -2.40. The first-order valence-electron chi connectivity index (χ1n) is 15.3. The summed E-state index contributed by atoms with van der Waals surface area (Å²) in [5.74, 6) is -0.504. The van der Waals surface area contributed by atoms with Gasteiger partial charge in [0.2, 0.25) is 0 Å². The molecule has 0 fully saturated rings. The van der Waals surface area contributed by atoms with Crippen molar-refractivity contribution in [3.8, 4) is 0 Å². The largest absolute Gasteiger partial charge is 0.354 e. The first-order valence-corrected chi connectivity index (χ1v) is 18.0. The lowest BCUT2D eigenvalue weighted by Gasteiger charge is -2.30. The summed E-state index contributed by atoms with van der Waals surface area (Å²) in [5, 5.41) is 14.0. The van der Waals surface area contributed by atoms with Gasteiger partial charge in [-0.3, -0.25) is 0 Å². The molecule has 0 spiro atoms. The van der Waals surface area contributed by atoms with Crippen molar-refractivity contribution in [1.29, 1.82) is 0 Å². The smallest absolute Gasteiger partial charge is 0.123 e. The minimum Gasteiger partial charge on any atom is -0.354 e. The van der Waals surface area contributed by atoms with Crippen LogP contribution >= 0.6 is 15.8 Å². The Morgan fingerprint density at radius 1 is 0.391 bits per heavy atom. The van der Waals surface area contributed by atoms with E-state index in [9.17, 15) is 8.78 Å². The van der Waals surface area contributed by atoms with Crippen LogP contribution in [0.1, 0.15) is 22.3 Å². The number of hydrogen-bond donors (Lipinski definition) is 2. The molecule has 2 N–H and O–H groups in total. The van der Waals surface area contributed by atoms with Gasteiger partial charge in [0.25, 0.3) is 0 Å². The second-order valence-corrected chi connectivity index (χ2v) is 16.3. The van der Waals surface area contributed by atoms with Gasteiger partial charge in [0.05, 0.1) is 0 Å². The average Bonchev–Trinajstić information content (AvgIpc) is 3.02. The maximum Gasteiger partial charge on any atom is 0.123 e. The van der Waals surface area contributed by atoms with Gasteiger partial charge in [-0.1, -0.05) is 70.8 Å². The maximum absolute atomic E-state index is 14.9. The predicted octanol–water partition coefficient (Wildman–Crippen LogP) is 8.52. The summed E-state index contributed by atoms with van der Waals surface area (Å²) >= 11 is 0. The number of benzene rings is 6. The molecule has 0 aliphatic carbocycles. The number of fused-ring (bicyclic) bond motifs is 4. The monoisotopic (exact) mass is 642 g/mol. The molecule has 0 radical (unpaired) electrons. The highest BCUT2D eigenvalue weighted by Gasteiger charge is 2.28. The highest BCUT2D eigenvalue weighted by molar-refractivity contribution is 7.81. The second kappa shape index (κ2) is 12.4. The molecule has 1 aliphatic rings. The molecule has 0 atom stereocenters. The SMILES string of the molecule is Cc1ccc2c(c1)P(c1cccc(F)c1)c1cc(C)ccc1Nc1ccc(C)cc1P(c1cccc(F)c1)c1cc(C)ccc1N2. The molecular weight excluding hydrogens is 608 g/mol. The third-order valence-corrected chi connectivity index (χ3v) is 13.2. The van der Waals surface area contributed by atoms with E-state index in [1.165, 1.54) is 12.1 Å². The number of aryl methyl sites for hydroxylation is 4. The molecule has 0 bridgehead atoms. The number of hydrogen-bond acceptors (Lipinski definition) is 2. The van der Waals surface area contributed by atoms with E-state index in [-0.39, 0.29) is 11.6 Å². The lowest BCUT2D eigenvalue weighted by molar-refractivity contribution is 0.628. The van der Waals surface area contributed by atoms with Crippen LogP contribution in [0.2, 0.25) is 0 Å². The first kappa shape index (κ1) is 30.3. The molecule has 0 unspecified atom stereocenters. The number of nitrogens with one attached hydrogen (secondary N) is 2. The molecule has 0 amide bonds. The van der Waals surface area contributed by atoms with Crippen molar-refractivity contribution in [1.82, 2.24) is 0 Å². The predicted molar refractivity (Wildman–Crippen MR) is 196 cm³/mol. The Morgan fingerprint density at radius 3 is 0.978 bits per heavy atom. The Hall–Kier alpha value is -4.36. The molecule has 6 heteroatoms. The Morgan fingerprint density at radius 2 is 0.696 bits per heavy atom. The zero-order valence-corrected chi connectivity index (χ0v) is 28.0. The summed E-state index contributed by atoms with van der Waals surface area (Å²) in [6.07, 6.45) is 0. The minimum absolute atomic E-state index is 0.252. The quantitative estimate of drug-likeness (QED) is 0.185. The van der Waals surface area contributed by atoms with Gasteiger partial charge in [0.15, 0.2) is 0 Å². The molecule has 0 saturated heterocycles. The lowest BCUT2D eigenvalue weighted by Crippen LogP contribution is -2.29. The fraction of sp³-hybridized carbons (Fsp3) is 0.100. The van der Waals surface area contributed by atoms with Crippen LogP contribution < -0.4 is 42.5 Å². The molecule has 1 heterocycles. The van der Waals surface area contributed by atoms with Crippen molar-refractivity contribution in [3.63, 3.8) is 0 Å². The van der Waals surface area contributed by atoms with Gasteiger partial charge in [0.1, 0.15) is 11.6 Å². The van der Waals surface area contributed by atoms with Gasteiger partial charge in [-0.15, -0.1) is 0 Å². The topological polar surface area (TPSA) is 24.1 Å². The fourth-order valence-electron chi connectivity index (χ4n) is 6.07. The highest BCUT2D eigenvalue weighted by atomic mass is 31.1. The second-order valence-electron chi connectivity index (χ2n) is 12.0. The van der Waals surface area contributed by atoms with Crippen LogP contribution in [0.4, 0.5) is 31.5 Å². The van der Waals surface area contributed by atoms with Gasteiger partial charge in [0, 0.05) is 44.0 Å². The van der Waals surface area contributed by atoms with Crippen molar-refractivity contribution in [3.05, 3.63) is 155 Å². The molecule has 2 nitrogen and oxygen atoms in total. The molecule has 46 heavy (non-hydrogen) atoms. The van der Waals surface area contributed by atoms with Crippen LogP contribution in [0.3, 0.4) is 0 Å². The molecule has 7 rings (SSSR count). The Balaban J connectivity index is 1.60. The Bertz CT molecular complexity index is 1860. The minimum atomic E-state index is -1.20. The van der Waals surface area contributed by atoms with Crippen molar-refractivity contribution in [2.24, 2.45) is 0 Å². The van der Waals surface area contributed by atoms with Gasteiger partial charge in [-0.05, 0) is 127 Å². The van der Waals surface area contributed by atoms with E-state index >= 15 is 0 Å². The molecule has 0 aromatic heterocycles. The van der Waals surface area contributed by atoms with Crippen LogP contribution in [0, 0.1) is 39.3 Å². The van der Waals surface area contributed by atoms with E-state index < -0.39 is 15.8 Å². The lowest BCUT2D eigenvalue weighted by atomic mass is 10.2. The van der Waals surface area contributed by atoms with E-state index in [4.69, 9.17) is 0 Å². The number of rotatable bonds is 2. The van der Waals surface area contributed by atoms with Crippen molar-refractivity contribution in [2.45, 2.75) is 27.7 Å². The van der Waals surface area contributed by atoms with Crippen molar-refractivity contribution >= 4 is 70.4 Å². The summed E-state index contributed by atoms with van der Waals surface area (Å²) in [6.45, 7) is 8.40. The maximum atomic E-state index is 14.9. The molecule has 6 aromatic rings. The van der Waals surface area contributed by atoms with E-state index in [2.05, 4.69) is 111 Å². The van der Waals surface area contributed by atoms with Crippen LogP contribution in [-0.2, 0) is 0 Å². The van der Waals surface area contributed by atoms with Crippen LogP contribution in [-0.4, -0.2) is 0 Å². The Labute approximate surface area is 272 Å². The summed E-state index contributed by atoms with van der Waals surface area (Å²) in [4.78, 5) is 0. The van der Waals surface area contributed by atoms with Gasteiger partial charge >= 0.3 is 0 Å². The molecule has 228 valence electrons. The average molecular weight is 643 g/mol. The van der Waals surface area contributed by atoms with E-state index in [0.717, 1.165) is 76.8 Å². The van der Waals surface area contributed by atoms with Crippen molar-refractivity contribution < 1.29 is 8.78 Å². The third-order valence-electron chi connectivity index (χ3n) is 8.25. The van der Waals surface area contributed by atoms with Gasteiger partial charge in [-0.25, -0.2) is 8.78 Å². The molecule has 6 aromatic carbocycles. The van der Waals surface area contributed by atoms with Gasteiger partial charge in [-0.2, -0.15) is 0 Å². The Kier molecular flexibility index (Phi) is 8.20. The van der Waals surface area contributed by atoms with Crippen molar-refractivity contribution in [2.75, 3.05) is 10.6 Å². The molecule has 0 saturated carbocycles. The van der Waals surface area contributed by atoms with E-state index in [1.807, 2.05) is 12.1 Å². The van der Waals surface area contributed by atoms with Crippen LogP contribution in [0.5, 0.6) is 0 Å². The number of anilines is 4. The van der Waals surface area contributed by atoms with E-state index in [0.29, 0.717) is 0 Å². The zero-order chi connectivity index (χ0) is 31.9. The molecular formula is C40H34F2N2P2. The summed E-state index contributed by atoms with van der Waals surface area (Å²) in [6, 6.07) is 40.0. The van der Waals surface area contributed by atoms with Crippen LogP contribution in [0.25, 0.3) is 0 Å². The highest BCUT2D eigenvalue weighted by Crippen LogP contribution is 2.44. The summed E-state index contributed by atoms with van der Waals surface area (Å²) < 4.78 is 29.9.